The van der Waals surface area contributed by atoms with E-state index in [2.05, 4.69) is 5.10 Å². The third kappa shape index (κ3) is 2.33. The highest BCUT2D eigenvalue weighted by atomic mass is 32.1. The minimum Gasteiger partial charge on any atom is -0.477 e. The second-order valence-electron chi connectivity index (χ2n) is 3.75. The Labute approximate surface area is 107 Å². The number of carboxylic acid groups (broad SMARTS) is 1. The third-order valence-corrected chi connectivity index (χ3v) is 3.31. The van der Waals surface area contributed by atoms with Crippen LogP contribution in [0.5, 0.6) is 0 Å². The van der Waals surface area contributed by atoms with Gasteiger partial charge in [0.15, 0.2) is 0 Å². The first-order valence-electron chi connectivity index (χ1n) is 5.52. The van der Waals surface area contributed by atoms with E-state index < -0.39 is 11.5 Å². The fourth-order valence-electron chi connectivity index (χ4n) is 1.60. The van der Waals surface area contributed by atoms with Crippen molar-refractivity contribution in [3.05, 3.63) is 39.5 Å². The Hall–Kier alpha value is -1.95. The summed E-state index contributed by atoms with van der Waals surface area (Å²) < 4.78 is 1.22. The zero-order valence-electron chi connectivity index (χ0n) is 9.79. The topological polar surface area (TPSA) is 72.2 Å². The molecule has 5 nitrogen and oxygen atoms in total. The Bertz CT molecular complexity index is 617. The highest BCUT2D eigenvalue weighted by molar-refractivity contribution is 7.13. The molecule has 0 aliphatic carbocycles. The molecular weight excluding hydrogens is 252 g/mol. The molecule has 0 unspecified atom stereocenters. The summed E-state index contributed by atoms with van der Waals surface area (Å²) in [6, 6.07) is 5.04. The van der Waals surface area contributed by atoms with E-state index in [1.54, 1.807) is 0 Å². The first kappa shape index (κ1) is 12.5. The predicted molar refractivity (Wildman–Crippen MR) is 69.1 cm³/mol. The monoisotopic (exact) mass is 264 g/mol. The van der Waals surface area contributed by atoms with Crippen LogP contribution in [0.25, 0.3) is 10.6 Å². The molecule has 1 N–H and O–H groups in total. The van der Waals surface area contributed by atoms with Crippen molar-refractivity contribution in [2.75, 3.05) is 0 Å². The number of nitrogens with zero attached hydrogens (tertiary/aromatic N) is 2. The van der Waals surface area contributed by atoms with Gasteiger partial charge in [-0.05, 0) is 23.9 Å². The van der Waals surface area contributed by atoms with Gasteiger partial charge in [0.1, 0.15) is 11.3 Å². The average molecular weight is 264 g/mol. The van der Waals surface area contributed by atoms with Crippen LogP contribution in [-0.2, 0) is 6.54 Å². The van der Waals surface area contributed by atoms with Gasteiger partial charge in [0.25, 0.3) is 5.56 Å². The van der Waals surface area contributed by atoms with Gasteiger partial charge in [-0.2, -0.15) is 5.10 Å². The summed E-state index contributed by atoms with van der Waals surface area (Å²) in [6.07, 6.45) is 0.722. The van der Waals surface area contributed by atoms with Crippen molar-refractivity contribution in [1.29, 1.82) is 0 Å². The lowest BCUT2D eigenvalue weighted by Crippen LogP contribution is -2.28. The van der Waals surface area contributed by atoms with Gasteiger partial charge in [-0.1, -0.05) is 13.0 Å². The average Bonchev–Trinajstić information content (AvgIpc) is 2.85. The normalized spacial score (nSPS) is 10.5. The molecule has 0 aromatic carbocycles. The quantitative estimate of drug-likeness (QED) is 0.917. The van der Waals surface area contributed by atoms with Gasteiger partial charge in [-0.25, -0.2) is 9.48 Å². The molecule has 94 valence electrons. The smallest absolute Gasteiger partial charge is 0.341 e. The van der Waals surface area contributed by atoms with Crippen molar-refractivity contribution in [2.45, 2.75) is 19.9 Å². The highest BCUT2D eigenvalue weighted by Gasteiger charge is 2.15. The van der Waals surface area contributed by atoms with Crippen LogP contribution in [0.2, 0.25) is 0 Å². The van der Waals surface area contributed by atoms with Crippen molar-refractivity contribution in [3.8, 4) is 10.6 Å². The molecule has 0 aliphatic heterocycles. The molecule has 2 aromatic heterocycles. The molecule has 0 saturated heterocycles. The molecule has 2 heterocycles. The standard InChI is InChI=1S/C12H12N2O3S/c1-2-5-14-11(15)8(12(16)17)7-9(13-14)10-4-3-6-18-10/h3-4,6-7H,2,5H2,1H3,(H,16,17). The van der Waals surface area contributed by atoms with Crippen molar-refractivity contribution in [2.24, 2.45) is 0 Å². The lowest BCUT2D eigenvalue weighted by molar-refractivity contribution is 0.0693. The number of aryl methyl sites for hydroxylation is 1. The van der Waals surface area contributed by atoms with Crippen LogP contribution in [0.15, 0.2) is 28.4 Å². The summed E-state index contributed by atoms with van der Waals surface area (Å²) >= 11 is 1.46. The number of aromatic carboxylic acids is 1. The van der Waals surface area contributed by atoms with Gasteiger partial charge in [-0.3, -0.25) is 4.79 Å². The molecule has 0 fully saturated rings. The zero-order chi connectivity index (χ0) is 13.1. The first-order chi connectivity index (χ1) is 8.63. The minimum atomic E-state index is -1.22. The molecule has 0 bridgehead atoms. The number of thiophene rings is 1. The van der Waals surface area contributed by atoms with Crippen LogP contribution in [-0.4, -0.2) is 20.9 Å². The summed E-state index contributed by atoms with van der Waals surface area (Å²) in [5, 5.41) is 15.1. The van der Waals surface area contributed by atoms with E-state index in [0.717, 1.165) is 11.3 Å². The molecule has 0 amide bonds. The molecule has 6 heteroatoms. The van der Waals surface area contributed by atoms with E-state index in [1.807, 2.05) is 24.4 Å². The van der Waals surface area contributed by atoms with E-state index in [0.29, 0.717) is 12.2 Å². The van der Waals surface area contributed by atoms with Crippen LogP contribution in [0.4, 0.5) is 0 Å². The lowest BCUT2D eigenvalue weighted by Gasteiger charge is -2.06. The molecule has 0 aliphatic rings. The molecule has 0 spiro atoms. The summed E-state index contributed by atoms with van der Waals surface area (Å²) in [7, 11) is 0. The van der Waals surface area contributed by atoms with Gasteiger partial charge in [0.05, 0.1) is 4.88 Å². The Morgan fingerprint density at radius 3 is 2.89 bits per heavy atom. The summed E-state index contributed by atoms with van der Waals surface area (Å²) in [4.78, 5) is 23.8. The fraction of sp³-hybridized carbons (Fsp3) is 0.250. The summed E-state index contributed by atoms with van der Waals surface area (Å²) in [5.41, 5.74) is -0.262. The SMILES string of the molecule is CCCn1nc(-c2cccs2)cc(C(=O)O)c1=O. The lowest BCUT2D eigenvalue weighted by atomic mass is 10.2. The van der Waals surface area contributed by atoms with Gasteiger partial charge in [-0.15, -0.1) is 11.3 Å². The Morgan fingerprint density at radius 2 is 2.33 bits per heavy atom. The predicted octanol–water partition coefficient (Wildman–Crippen LogP) is 2.08. The Kier molecular flexibility index (Phi) is 3.57. The van der Waals surface area contributed by atoms with E-state index in [4.69, 9.17) is 5.11 Å². The number of carboxylic acids is 1. The second-order valence-corrected chi connectivity index (χ2v) is 4.70. The number of aromatic nitrogens is 2. The maximum absolute atomic E-state index is 11.8. The molecular formula is C12H12N2O3S. The van der Waals surface area contributed by atoms with E-state index >= 15 is 0 Å². The van der Waals surface area contributed by atoms with E-state index in [-0.39, 0.29) is 5.56 Å². The number of hydrogen-bond acceptors (Lipinski definition) is 4. The van der Waals surface area contributed by atoms with E-state index in [9.17, 15) is 9.59 Å². The number of hydrogen-bond donors (Lipinski definition) is 1. The van der Waals surface area contributed by atoms with Gasteiger partial charge in [0, 0.05) is 6.54 Å². The molecule has 0 saturated carbocycles. The molecule has 0 radical (unpaired) electrons. The second kappa shape index (κ2) is 5.14. The third-order valence-electron chi connectivity index (χ3n) is 2.41. The zero-order valence-corrected chi connectivity index (χ0v) is 10.6. The van der Waals surface area contributed by atoms with E-state index in [1.165, 1.54) is 22.1 Å². The van der Waals surface area contributed by atoms with Gasteiger partial charge in [0.2, 0.25) is 0 Å². The van der Waals surface area contributed by atoms with Crippen LogP contribution in [0.3, 0.4) is 0 Å². The molecule has 2 aromatic rings. The van der Waals surface area contributed by atoms with Crippen molar-refractivity contribution in [3.63, 3.8) is 0 Å². The number of rotatable bonds is 4. The summed E-state index contributed by atoms with van der Waals surface area (Å²) in [6.45, 7) is 2.32. The minimum absolute atomic E-state index is 0.234. The Balaban J connectivity index is 2.62. The maximum atomic E-state index is 11.8. The van der Waals surface area contributed by atoms with Crippen LogP contribution in [0.1, 0.15) is 23.7 Å². The summed E-state index contributed by atoms with van der Waals surface area (Å²) in [5.74, 6) is -1.22. The number of carbonyl (C=O) groups is 1. The first-order valence-corrected chi connectivity index (χ1v) is 6.40. The van der Waals surface area contributed by atoms with Crippen molar-refractivity contribution >= 4 is 17.3 Å². The maximum Gasteiger partial charge on any atom is 0.341 e. The fourth-order valence-corrected chi connectivity index (χ4v) is 2.28. The largest absolute Gasteiger partial charge is 0.477 e. The van der Waals surface area contributed by atoms with Crippen molar-refractivity contribution < 1.29 is 9.90 Å². The van der Waals surface area contributed by atoms with Crippen LogP contribution in [0, 0.1) is 0 Å². The highest BCUT2D eigenvalue weighted by Crippen LogP contribution is 2.22. The molecule has 0 atom stereocenters. The Morgan fingerprint density at radius 1 is 1.56 bits per heavy atom. The van der Waals surface area contributed by atoms with Crippen molar-refractivity contribution in [1.82, 2.24) is 9.78 Å². The van der Waals surface area contributed by atoms with Gasteiger partial charge >= 0.3 is 5.97 Å². The van der Waals surface area contributed by atoms with Crippen LogP contribution < -0.4 is 5.56 Å². The van der Waals surface area contributed by atoms with Gasteiger partial charge < -0.3 is 5.11 Å². The van der Waals surface area contributed by atoms with Crippen LogP contribution >= 0.6 is 11.3 Å². The molecule has 18 heavy (non-hydrogen) atoms. The molecule has 2 rings (SSSR count).